The molecule has 2 atom stereocenters. The number of nitrogens with zero attached hydrogens (tertiary/aromatic N) is 1. The number of carbonyl (C=O) groups excluding carboxylic acids is 2. The van der Waals surface area contributed by atoms with Crippen molar-refractivity contribution in [2.24, 2.45) is 0 Å². The fourth-order valence-electron chi connectivity index (χ4n) is 2.58. The SMILES string of the molecule is CC(=O)NC(CC(=O)N1CCOCC1C(=O)O)c1ccccc1. The quantitative estimate of drug-likeness (QED) is 0.827. The summed E-state index contributed by atoms with van der Waals surface area (Å²) in [6.45, 7) is 1.91. The lowest BCUT2D eigenvalue weighted by atomic mass is 10.0. The zero-order valence-corrected chi connectivity index (χ0v) is 12.9. The number of hydrogen-bond acceptors (Lipinski definition) is 4. The molecule has 0 radical (unpaired) electrons. The maximum absolute atomic E-state index is 12.5. The second kappa shape index (κ2) is 7.73. The molecule has 1 aromatic rings. The van der Waals surface area contributed by atoms with E-state index >= 15 is 0 Å². The van der Waals surface area contributed by atoms with Crippen molar-refractivity contribution < 1.29 is 24.2 Å². The average Bonchev–Trinajstić information content (AvgIpc) is 2.54. The highest BCUT2D eigenvalue weighted by molar-refractivity contribution is 5.85. The lowest BCUT2D eigenvalue weighted by Gasteiger charge is -2.34. The lowest BCUT2D eigenvalue weighted by molar-refractivity contribution is -0.158. The Labute approximate surface area is 134 Å². The molecule has 0 aliphatic carbocycles. The van der Waals surface area contributed by atoms with Gasteiger partial charge < -0.3 is 20.1 Å². The van der Waals surface area contributed by atoms with Gasteiger partial charge >= 0.3 is 5.97 Å². The first-order chi connectivity index (χ1) is 11.0. The molecule has 124 valence electrons. The summed E-state index contributed by atoms with van der Waals surface area (Å²) in [6.07, 6.45) is 0.00731. The number of aliphatic carboxylic acids is 1. The Bertz CT molecular complexity index is 575. The van der Waals surface area contributed by atoms with Gasteiger partial charge in [-0.2, -0.15) is 0 Å². The van der Waals surface area contributed by atoms with Crippen molar-refractivity contribution in [3.8, 4) is 0 Å². The highest BCUT2D eigenvalue weighted by atomic mass is 16.5. The molecule has 1 aromatic carbocycles. The van der Waals surface area contributed by atoms with E-state index in [0.29, 0.717) is 6.61 Å². The predicted octanol–water partition coefficient (Wildman–Crippen LogP) is 0.566. The van der Waals surface area contributed by atoms with Crippen LogP contribution < -0.4 is 5.32 Å². The van der Waals surface area contributed by atoms with E-state index in [1.165, 1.54) is 11.8 Å². The minimum absolute atomic E-state index is 0.00731. The van der Waals surface area contributed by atoms with Crippen LogP contribution in [0.4, 0.5) is 0 Å². The van der Waals surface area contributed by atoms with Crippen LogP contribution in [0, 0.1) is 0 Å². The number of carbonyl (C=O) groups is 3. The van der Waals surface area contributed by atoms with E-state index in [2.05, 4.69) is 5.32 Å². The Kier molecular flexibility index (Phi) is 5.70. The van der Waals surface area contributed by atoms with Crippen molar-refractivity contribution >= 4 is 17.8 Å². The van der Waals surface area contributed by atoms with E-state index in [-0.39, 0.29) is 31.4 Å². The molecule has 7 nitrogen and oxygen atoms in total. The third kappa shape index (κ3) is 4.53. The number of hydrogen-bond donors (Lipinski definition) is 2. The lowest BCUT2D eigenvalue weighted by Crippen LogP contribution is -2.53. The molecule has 0 saturated carbocycles. The maximum atomic E-state index is 12.5. The van der Waals surface area contributed by atoms with E-state index in [4.69, 9.17) is 4.74 Å². The highest BCUT2D eigenvalue weighted by Crippen LogP contribution is 2.19. The summed E-state index contributed by atoms with van der Waals surface area (Å²) in [5.74, 6) is -1.65. The minimum Gasteiger partial charge on any atom is -0.480 e. The van der Waals surface area contributed by atoms with Crippen molar-refractivity contribution in [3.63, 3.8) is 0 Å². The van der Waals surface area contributed by atoms with Crippen molar-refractivity contribution in [3.05, 3.63) is 35.9 Å². The van der Waals surface area contributed by atoms with E-state index in [1.54, 1.807) is 0 Å². The van der Waals surface area contributed by atoms with E-state index in [9.17, 15) is 19.5 Å². The number of benzene rings is 1. The minimum atomic E-state index is -1.09. The summed E-state index contributed by atoms with van der Waals surface area (Å²) >= 11 is 0. The molecule has 2 amide bonds. The zero-order valence-electron chi connectivity index (χ0n) is 12.9. The normalized spacial score (nSPS) is 19.0. The smallest absolute Gasteiger partial charge is 0.328 e. The third-order valence-electron chi connectivity index (χ3n) is 3.69. The van der Waals surface area contributed by atoms with E-state index in [1.807, 2.05) is 30.3 Å². The molecular weight excluding hydrogens is 300 g/mol. The molecule has 1 aliphatic rings. The van der Waals surface area contributed by atoms with Crippen LogP contribution in [0.2, 0.25) is 0 Å². The van der Waals surface area contributed by atoms with Gasteiger partial charge in [0.1, 0.15) is 0 Å². The largest absolute Gasteiger partial charge is 0.480 e. The summed E-state index contributed by atoms with van der Waals surface area (Å²) in [5.41, 5.74) is 0.802. The van der Waals surface area contributed by atoms with Crippen molar-refractivity contribution in [1.29, 1.82) is 0 Å². The monoisotopic (exact) mass is 320 g/mol. The number of ether oxygens (including phenoxy) is 1. The molecule has 1 fully saturated rings. The van der Waals surface area contributed by atoms with Crippen molar-refractivity contribution in [2.75, 3.05) is 19.8 Å². The molecule has 0 aromatic heterocycles. The highest BCUT2D eigenvalue weighted by Gasteiger charge is 2.33. The average molecular weight is 320 g/mol. The maximum Gasteiger partial charge on any atom is 0.328 e. The summed E-state index contributed by atoms with van der Waals surface area (Å²) in [7, 11) is 0. The third-order valence-corrected chi connectivity index (χ3v) is 3.69. The number of amides is 2. The molecule has 7 heteroatoms. The van der Waals surface area contributed by atoms with Gasteiger partial charge in [-0.3, -0.25) is 9.59 Å². The standard InChI is InChI=1S/C16H20N2O5/c1-11(19)17-13(12-5-3-2-4-6-12)9-15(20)18-7-8-23-10-14(18)16(21)22/h2-6,13-14H,7-10H2,1H3,(H,17,19)(H,21,22). The Hall–Kier alpha value is -2.41. The van der Waals surface area contributed by atoms with Gasteiger partial charge in [-0.25, -0.2) is 4.79 Å². The van der Waals surface area contributed by atoms with Crippen LogP contribution in [-0.4, -0.2) is 53.6 Å². The van der Waals surface area contributed by atoms with Gasteiger partial charge in [-0.15, -0.1) is 0 Å². The molecule has 0 spiro atoms. The van der Waals surface area contributed by atoms with Gasteiger partial charge in [0.15, 0.2) is 6.04 Å². The summed E-state index contributed by atoms with van der Waals surface area (Å²) in [4.78, 5) is 36.5. The van der Waals surface area contributed by atoms with Gasteiger partial charge in [0.2, 0.25) is 11.8 Å². The predicted molar refractivity (Wildman–Crippen MR) is 81.6 cm³/mol. The molecule has 1 heterocycles. The molecule has 2 rings (SSSR count). The van der Waals surface area contributed by atoms with Gasteiger partial charge in [0.05, 0.1) is 25.7 Å². The van der Waals surface area contributed by atoms with Crippen LogP contribution in [-0.2, 0) is 19.1 Å². The van der Waals surface area contributed by atoms with Crippen LogP contribution in [0.25, 0.3) is 0 Å². The summed E-state index contributed by atoms with van der Waals surface area (Å²) in [6, 6.07) is 7.67. The Morgan fingerprint density at radius 2 is 2.04 bits per heavy atom. The first-order valence-corrected chi connectivity index (χ1v) is 7.41. The Morgan fingerprint density at radius 1 is 1.35 bits per heavy atom. The first kappa shape index (κ1) is 17.0. The van der Waals surface area contributed by atoms with Crippen molar-refractivity contribution in [1.82, 2.24) is 10.2 Å². The van der Waals surface area contributed by atoms with E-state index in [0.717, 1.165) is 5.56 Å². The topological polar surface area (TPSA) is 95.9 Å². The fourth-order valence-corrected chi connectivity index (χ4v) is 2.58. The second-order valence-corrected chi connectivity index (χ2v) is 5.38. The van der Waals surface area contributed by atoms with Crippen LogP contribution >= 0.6 is 0 Å². The van der Waals surface area contributed by atoms with Crippen LogP contribution in [0.3, 0.4) is 0 Å². The molecule has 1 aliphatic heterocycles. The number of carboxylic acid groups (broad SMARTS) is 1. The molecule has 0 bridgehead atoms. The zero-order chi connectivity index (χ0) is 16.8. The molecular formula is C16H20N2O5. The molecule has 23 heavy (non-hydrogen) atoms. The van der Waals surface area contributed by atoms with Crippen LogP contribution in [0.1, 0.15) is 24.9 Å². The Balaban J connectivity index is 2.13. The van der Waals surface area contributed by atoms with Crippen molar-refractivity contribution in [2.45, 2.75) is 25.4 Å². The molecule has 2 unspecified atom stereocenters. The van der Waals surface area contributed by atoms with Crippen LogP contribution in [0.15, 0.2) is 30.3 Å². The number of nitrogens with one attached hydrogen (secondary N) is 1. The molecule has 1 saturated heterocycles. The van der Waals surface area contributed by atoms with Gasteiger partial charge in [-0.1, -0.05) is 30.3 Å². The van der Waals surface area contributed by atoms with Gasteiger partial charge in [0, 0.05) is 13.5 Å². The summed E-state index contributed by atoms with van der Waals surface area (Å²) < 4.78 is 5.13. The van der Waals surface area contributed by atoms with E-state index < -0.39 is 18.1 Å². The number of carboxylic acids is 1. The number of rotatable bonds is 5. The summed E-state index contributed by atoms with van der Waals surface area (Å²) in [5, 5.41) is 12.0. The Morgan fingerprint density at radius 3 is 2.65 bits per heavy atom. The number of morpholine rings is 1. The van der Waals surface area contributed by atoms with Gasteiger partial charge in [-0.05, 0) is 5.56 Å². The van der Waals surface area contributed by atoms with Crippen LogP contribution in [0.5, 0.6) is 0 Å². The van der Waals surface area contributed by atoms with Gasteiger partial charge in [0.25, 0.3) is 0 Å². The first-order valence-electron chi connectivity index (χ1n) is 7.41. The molecule has 2 N–H and O–H groups in total. The fraction of sp³-hybridized carbons (Fsp3) is 0.438. The second-order valence-electron chi connectivity index (χ2n) is 5.38.